The number of amides is 1. The number of nitrogens with zero attached hydrogens (tertiary/aromatic N) is 2. The molecular weight excluding hydrogens is 629 g/mol. The van der Waals surface area contributed by atoms with Gasteiger partial charge < -0.3 is 15.0 Å². The zero-order chi connectivity index (χ0) is 28.3. The molecule has 0 spiro atoms. The summed E-state index contributed by atoms with van der Waals surface area (Å²) in [5.74, 6) is -1.55. The highest BCUT2D eigenvalue weighted by Crippen LogP contribution is 2.39. The Hall–Kier alpha value is -2.39. The molecule has 1 amide bonds. The summed E-state index contributed by atoms with van der Waals surface area (Å²) in [5, 5.41) is 3.15. The van der Waals surface area contributed by atoms with Gasteiger partial charge in [-0.3, -0.25) is 9.59 Å². The molecule has 0 aliphatic carbocycles. The SMILES string of the molecule is CCCCC(=O)OC(=O)c1c(Cl)c(Cl)cc(Cl)c1NC(=O)c1c(C)c(N2CCCCC2)nc2ccc(Br)cc12. The van der Waals surface area contributed by atoms with Crippen LogP contribution >= 0.6 is 50.7 Å². The van der Waals surface area contributed by atoms with E-state index in [9.17, 15) is 14.4 Å². The molecule has 0 saturated carbocycles. The average Bonchev–Trinajstić information content (AvgIpc) is 2.90. The summed E-state index contributed by atoms with van der Waals surface area (Å²) in [6, 6.07) is 6.86. The summed E-state index contributed by atoms with van der Waals surface area (Å²) >= 11 is 22.5. The number of hydrogen-bond donors (Lipinski definition) is 1. The molecule has 1 aliphatic heterocycles. The molecule has 1 N–H and O–H groups in total. The standard InChI is InChI=1S/C28H27BrCl3N3O4/c1-3-4-8-21(36)39-28(38)23-24(32)18(30)14-19(31)25(23)34-27(37)22-15(2)26(35-11-6-5-7-12-35)33-20-10-9-16(29)13-17(20)22/h9-10,13-14H,3-8,11-12H2,1-2H3,(H,34,37). The number of anilines is 2. The number of unbranched alkanes of at least 4 members (excludes halogenated alkanes) is 1. The van der Waals surface area contributed by atoms with Crippen LogP contribution < -0.4 is 10.2 Å². The van der Waals surface area contributed by atoms with Crippen LogP contribution in [0.25, 0.3) is 10.9 Å². The third-order valence-corrected chi connectivity index (χ3v) is 8.18. The molecule has 11 heteroatoms. The number of carbonyl (C=O) groups is 3. The third-order valence-electron chi connectivity index (χ3n) is 6.60. The van der Waals surface area contributed by atoms with Gasteiger partial charge in [-0.25, -0.2) is 9.78 Å². The highest BCUT2D eigenvalue weighted by atomic mass is 79.9. The Labute approximate surface area is 250 Å². The minimum Gasteiger partial charge on any atom is -0.389 e. The van der Waals surface area contributed by atoms with Gasteiger partial charge in [-0.05, 0) is 56.9 Å². The number of hydrogen-bond acceptors (Lipinski definition) is 6. The maximum absolute atomic E-state index is 14.0. The maximum atomic E-state index is 14.0. The molecule has 0 radical (unpaired) electrons. The molecule has 206 valence electrons. The van der Waals surface area contributed by atoms with Crippen LogP contribution in [0.1, 0.15) is 71.7 Å². The van der Waals surface area contributed by atoms with Crippen LogP contribution in [0.4, 0.5) is 11.5 Å². The average molecular weight is 656 g/mol. The number of aromatic nitrogens is 1. The van der Waals surface area contributed by atoms with Crippen molar-refractivity contribution in [2.45, 2.75) is 52.4 Å². The van der Waals surface area contributed by atoms with E-state index in [1.165, 1.54) is 6.07 Å². The van der Waals surface area contributed by atoms with Crippen molar-refractivity contribution in [3.05, 3.63) is 60.5 Å². The van der Waals surface area contributed by atoms with E-state index >= 15 is 0 Å². The molecule has 1 aromatic heterocycles. The third kappa shape index (κ3) is 6.51. The van der Waals surface area contributed by atoms with Gasteiger partial charge in [0.1, 0.15) is 11.4 Å². The quantitative estimate of drug-likeness (QED) is 0.156. The predicted molar refractivity (Wildman–Crippen MR) is 160 cm³/mol. The van der Waals surface area contributed by atoms with Crippen molar-refractivity contribution >= 4 is 91.0 Å². The van der Waals surface area contributed by atoms with Crippen LogP contribution in [-0.2, 0) is 9.53 Å². The Balaban J connectivity index is 1.80. The van der Waals surface area contributed by atoms with E-state index in [0.717, 1.165) is 49.1 Å². The van der Waals surface area contributed by atoms with E-state index in [1.54, 1.807) is 0 Å². The lowest BCUT2D eigenvalue weighted by molar-refractivity contribution is -0.138. The molecule has 0 bridgehead atoms. The number of esters is 2. The van der Waals surface area contributed by atoms with Crippen LogP contribution in [0.15, 0.2) is 28.7 Å². The van der Waals surface area contributed by atoms with Crippen molar-refractivity contribution in [3.63, 3.8) is 0 Å². The number of rotatable bonds is 7. The van der Waals surface area contributed by atoms with Crippen LogP contribution in [0.5, 0.6) is 0 Å². The zero-order valence-corrected chi connectivity index (χ0v) is 25.4. The molecule has 4 rings (SSSR count). The van der Waals surface area contributed by atoms with Crippen molar-refractivity contribution in [1.82, 2.24) is 4.98 Å². The first-order valence-electron chi connectivity index (χ1n) is 12.7. The van der Waals surface area contributed by atoms with Gasteiger partial charge in [0.25, 0.3) is 5.91 Å². The number of fused-ring (bicyclic) bond motifs is 1. The zero-order valence-electron chi connectivity index (χ0n) is 21.5. The maximum Gasteiger partial charge on any atom is 0.349 e. The number of halogens is 4. The highest BCUT2D eigenvalue weighted by molar-refractivity contribution is 9.10. The molecule has 1 saturated heterocycles. The Morgan fingerprint density at radius 3 is 2.46 bits per heavy atom. The van der Waals surface area contributed by atoms with E-state index < -0.39 is 17.8 Å². The van der Waals surface area contributed by atoms with Crippen molar-refractivity contribution < 1.29 is 19.1 Å². The van der Waals surface area contributed by atoms with Gasteiger partial charge in [0.2, 0.25) is 0 Å². The summed E-state index contributed by atoms with van der Waals surface area (Å²) < 4.78 is 5.79. The Morgan fingerprint density at radius 1 is 1.05 bits per heavy atom. The number of nitrogens with one attached hydrogen (secondary N) is 1. The van der Waals surface area contributed by atoms with Crippen molar-refractivity contribution in [2.24, 2.45) is 0 Å². The van der Waals surface area contributed by atoms with E-state index in [0.29, 0.717) is 28.5 Å². The number of ether oxygens (including phenoxy) is 1. The molecule has 7 nitrogen and oxygen atoms in total. The Morgan fingerprint density at radius 2 is 1.77 bits per heavy atom. The van der Waals surface area contributed by atoms with E-state index in [2.05, 4.69) is 26.1 Å². The molecule has 1 aliphatic rings. The van der Waals surface area contributed by atoms with Gasteiger partial charge >= 0.3 is 11.9 Å². The van der Waals surface area contributed by atoms with Gasteiger partial charge in [-0.2, -0.15) is 0 Å². The van der Waals surface area contributed by atoms with Crippen LogP contribution in [-0.4, -0.2) is 35.9 Å². The van der Waals surface area contributed by atoms with Gasteiger partial charge in [0.05, 0.1) is 31.8 Å². The van der Waals surface area contributed by atoms with Crippen LogP contribution in [0.3, 0.4) is 0 Å². The van der Waals surface area contributed by atoms with E-state index in [1.807, 2.05) is 32.0 Å². The Bertz CT molecular complexity index is 1460. The summed E-state index contributed by atoms with van der Waals surface area (Å²) in [6.45, 7) is 5.45. The summed E-state index contributed by atoms with van der Waals surface area (Å²) in [5.41, 5.74) is 1.33. The molecule has 0 atom stereocenters. The molecule has 3 aromatic rings. The number of piperidine rings is 1. The lowest BCUT2D eigenvalue weighted by Crippen LogP contribution is -2.31. The second-order valence-corrected chi connectivity index (χ2v) is 11.5. The first-order valence-corrected chi connectivity index (χ1v) is 14.6. The normalized spacial score (nSPS) is 13.4. The fourth-order valence-electron chi connectivity index (χ4n) is 4.64. The molecule has 2 heterocycles. The van der Waals surface area contributed by atoms with Gasteiger partial charge in [0, 0.05) is 34.9 Å². The lowest BCUT2D eigenvalue weighted by atomic mass is 10.0. The molecular formula is C28H27BrCl3N3O4. The van der Waals surface area contributed by atoms with E-state index in [4.69, 9.17) is 44.5 Å². The van der Waals surface area contributed by atoms with Crippen LogP contribution in [0.2, 0.25) is 15.1 Å². The highest BCUT2D eigenvalue weighted by Gasteiger charge is 2.28. The summed E-state index contributed by atoms with van der Waals surface area (Å²) in [6.07, 6.45) is 4.61. The van der Waals surface area contributed by atoms with E-state index in [-0.39, 0.29) is 32.7 Å². The number of pyridine rings is 1. The predicted octanol–water partition coefficient (Wildman–Crippen LogP) is 8.38. The molecule has 1 fully saturated rings. The van der Waals surface area contributed by atoms with Crippen LogP contribution in [0, 0.1) is 6.92 Å². The molecule has 39 heavy (non-hydrogen) atoms. The topological polar surface area (TPSA) is 88.6 Å². The second kappa shape index (κ2) is 12.9. The number of carbonyl (C=O) groups excluding carboxylic acids is 3. The first-order chi connectivity index (χ1) is 18.6. The molecule has 2 aromatic carbocycles. The van der Waals surface area contributed by atoms with Gasteiger partial charge in [-0.1, -0.05) is 64.1 Å². The fourth-order valence-corrected chi connectivity index (χ4v) is 5.73. The Kier molecular flexibility index (Phi) is 9.75. The number of benzene rings is 2. The van der Waals surface area contributed by atoms with Gasteiger partial charge in [0.15, 0.2) is 0 Å². The summed E-state index contributed by atoms with van der Waals surface area (Å²) in [7, 11) is 0. The minimum atomic E-state index is -1.05. The lowest BCUT2D eigenvalue weighted by Gasteiger charge is -2.30. The van der Waals surface area contributed by atoms with Crippen molar-refractivity contribution in [1.29, 1.82) is 0 Å². The fraction of sp³-hybridized carbons (Fsp3) is 0.357. The smallest absolute Gasteiger partial charge is 0.349 e. The molecule has 0 unspecified atom stereocenters. The van der Waals surface area contributed by atoms with Crippen molar-refractivity contribution in [3.8, 4) is 0 Å². The first kappa shape index (κ1) is 29.6. The largest absolute Gasteiger partial charge is 0.389 e. The second-order valence-electron chi connectivity index (χ2n) is 9.37. The minimum absolute atomic E-state index is 0.0190. The monoisotopic (exact) mass is 653 g/mol. The van der Waals surface area contributed by atoms with Crippen molar-refractivity contribution in [2.75, 3.05) is 23.3 Å². The van der Waals surface area contributed by atoms with Gasteiger partial charge in [-0.15, -0.1) is 0 Å². The summed E-state index contributed by atoms with van der Waals surface area (Å²) in [4.78, 5) is 46.3.